The van der Waals surface area contributed by atoms with Crippen LogP contribution in [0.25, 0.3) is 0 Å². The van der Waals surface area contributed by atoms with E-state index in [2.05, 4.69) is 10.9 Å². The van der Waals surface area contributed by atoms with E-state index in [1.54, 1.807) is 30.3 Å². The first-order chi connectivity index (χ1) is 11.1. The van der Waals surface area contributed by atoms with Crippen molar-refractivity contribution in [3.8, 4) is 5.75 Å². The summed E-state index contributed by atoms with van der Waals surface area (Å²) in [6.45, 7) is 1.83. The number of amides is 2. The van der Waals surface area contributed by atoms with Crippen molar-refractivity contribution in [1.82, 2.24) is 10.9 Å². The highest BCUT2D eigenvalue weighted by Gasteiger charge is 2.19. The highest BCUT2D eigenvalue weighted by Crippen LogP contribution is 2.13. The Balaban J connectivity index is 1.91. The molecule has 2 amide bonds. The monoisotopic (exact) mass is 332 g/mol. The molecule has 0 bridgehead atoms. The van der Waals surface area contributed by atoms with Gasteiger partial charge in [-0.15, -0.1) is 0 Å². The van der Waals surface area contributed by atoms with Crippen LogP contribution in [0.5, 0.6) is 5.75 Å². The number of carbonyl (C=O) groups is 2. The summed E-state index contributed by atoms with van der Waals surface area (Å²) in [6.07, 6.45) is -0.231. The van der Waals surface area contributed by atoms with Crippen LogP contribution >= 0.6 is 11.6 Å². The molecular formula is C17H17ClN2O3. The SMILES string of the molecule is CCC(Oc1ccccc1)C(=O)NNC(=O)c1cccc(Cl)c1. The second-order valence-electron chi connectivity index (χ2n) is 4.78. The summed E-state index contributed by atoms with van der Waals surface area (Å²) in [5, 5.41) is 0.447. The van der Waals surface area contributed by atoms with Crippen LogP contribution in [0.1, 0.15) is 23.7 Å². The van der Waals surface area contributed by atoms with Gasteiger partial charge in [0.15, 0.2) is 6.10 Å². The number of nitrogens with one attached hydrogen (secondary N) is 2. The third kappa shape index (κ3) is 5.00. The van der Waals surface area contributed by atoms with Gasteiger partial charge in [-0.2, -0.15) is 0 Å². The lowest BCUT2D eigenvalue weighted by Crippen LogP contribution is -2.47. The molecule has 1 unspecified atom stereocenters. The van der Waals surface area contributed by atoms with E-state index < -0.39 is 17.9 Å². The number of para-hydroxylation sites is 1. The van der Waals surface area contributed by atoms with Crippen LogP contribution in [0.15, 0.2) is 54.6 Å². The molecule has 0 aliphatic heterocycles. The molecule has 5 nitrogen and oxygen atoms in total. The van der Waals surface area contributed by atoms with Crippen LogP contribution in [0, 0.1) is 0 Å². The molecule has 2 aromatic carbocycles. The fourth-order valence-corrected chi connectivity index (χ4v) is 2.08. The van der Waals surface area contributed by atoms with Crippen LogP contribution in [0.4, 0.5) is 0 Å². The average Bonchev–Trinajstić information content (AvgIpc) is 2.58. The third-order valence-corrected chi connectivity index (χ3v) is 3.31. The van der Waals surface area contributed by atoms with Crippen molar-refractivity contribution in [1.29, 1.82) is 0 Å². The summed E-state index contributed by atoms with van der Waals surface area (Å²) < 4.78 is 5.60. The first-order valence-corrected chi connectivity index (χ1v) is 7.55. The van der Waals surface area contributed by atoms with Crippen LogP contribution in [0.2, 0.25) is 5.02 Å². The van der Waals surface area contributed by atoms with Crippen molar-refractivity contribution < 1.29 is 14.3 Å². The Morgan fingerprint density at radius 1 is 1.09 bits per heavy atom. The zero-order chi connectivity index (χ0) is 16.7. The smallest absolute Gasteiger partial charge is 0.279 e. The molecule has 0 aliphatic carbocycles. The van der Waals surface area contributed by atoms with Crippen molar-refractivity contribution in [3.05, 3.63) is 65.2 Å². The van der Waals surface area contributed by atoms with E-state index in [0.717, 1.165) is 0 Å². The van der Waals surface area contributed by atoms with Gasteiger partial charge in [0.05, 0.1) is 0 Å². The first-order valence-electron chi connectivity index (χ1n) is 7.17. The highest BCUT2D eigenvalue weighted by atomic mass is 35.5. The maximum absolute atomic E-state index is 12.1. The van der Waals surface area contributed by atoms with Crippen LogP contribution in [-0.4, -0.2) is 17.9 Å². The summed E-state index contributed by atoms with van der Waals surface area (Å²) in [7, 11) is 0. The topological polar surface area (TPSA) is 67.4 Å². The van der Waals surface area contributed by atoms with Crippen LogP contribution in [-0.2, 0) is 4.79 Å². The molecule has 0 heterocycles. The molecule has 2 N–H and O–H groups in total. The molecule has 0 fully saturated rings. The zero-order valence-corrected chi connectivity index (χ0v) is 13.3. The van der Waals surface area contributed by atoms with Crippen molar-refractivity contribution in [2.75, 3.05) is 0 Å². The van der Waals surface area contributed by atoms with E-state index in [1.807, 2.05) is 25.1 Å². The quantitative estimate of drug-likeness (QED) is 0.827. The summed E-state index contributed by atoms with van der Waals surface area (Å²) >= 11 is 5.83. The van der Waals surface area contributed by atoms with Gasteiger partial charge < -0.3 is 4.74 Å². The van der Waals surface area contributed by atoms with E-state index in [9.17, 15) is 9.59 Å². The van der Waals surface area contributed by atoms with Gasteiger partial charge in [-0.25, -0.2) is 0 Å². The summed E-state index contributed by atoms with van der Waals surface area (Å²) in [5.41, 5.74) is 5.07. The Morgan fingerprint density at radius 3 is 2.48 bits per heavy atom. The predicted molar refractivity (Wildman–Crippen MR) is 88.2 cm³/mol. The molecule has 0 saturated carbocycles. The Labute approximate surface area is 139 Å². The molecule has 2 aromatic rings. The second kappa shape index (κ2) is 8.19. The van der Waals surface area contributed by atoms with Crippen molar-refractivity contribution in [2.24, 2.45) is 0 Å². The lowest BCUT2D eigenvalue weighted by molar-refractivity contribution is -0.128. The lowest BCUT2D eigenvalue weighted by Gasteiger charge is -2.17. The number of hydrogen-bond acceptors (Lipinski definition) is 3. The Morgan fingerprint density at radius 2 is 1.83 bits per heavy atom. The zero-order valence-electron chi connectivity index (χ0n) is 12.6. The fraction of sp³-hybridized carbons (Fsp3) is 0.176. The Kier molecular flexibility index (Phi) is 6.00. The van der Waals surface area contributed by atoms with E-state index >= 15 is 0 Å². The maximum atomic E-state index is 12.1. The minimum Gasteiger partial charge on any atom is -0.481 e. The second-order valence-corrected chi connectivity index (χ2v) is 5.22. The number of hydrazine groups is 1. The molecule has 0 aromatic heterocycles. The molecule has 0 aliphatic rings. The molecule has 0 saturated heterocycles. The number of hydrogen-bond donors (Lipinski definition) is 2. The number of benzene rings is 2. The fourth-order valence-electron chi connectivity index (χ4n) is 1.89. The van der Waals surface area contributed by atoms with Crippen LogP contribution in [0.3, 0.4) is 0 Å². The van der Waals surface area contributed by atoms with Gasteiger partial charge in [0.2, 0.25) is 0 Å². The minimum absolute atomic E-state index is 0.356. The van der Waals surface area contributed by atoms with Crippen molar-refractivity contribution in [2.45, 2.75) is 19.4 Å². The van der Waals surface area contributed by atoms with Gasteiger partial charge >= 0.3 is 0 Å². The molecule has 120 valence electrons. The van der Waals surface area contributed by atoms with Gasteiger partial charge in [-0.1, -0.05) is 42.8 Å². The van der Waals surface area contributed by atoms with Crippen LogP contribution < -0.4 is 15.6 Å². The lowest BCUT2D eigenvalue weighted by atomic mass is 10.2. The largest absolute Gasteiger partial charge is 0.481 e. The highest BCUT2D eigenvalue weighted by molar-refractivity contribution is 6.30. The van der Waals surface area contributed by atoms with Gasteiger partial charge in [0, 0.05) is 10.6 Å². The molecule has 2 rings (SSSR count). The summed E-state index contributed by atoms with van der Waals surface area (Å²) in [6, 6.07) is 15.5. The average molecular weight is 333 g/mol. The predicted octanol–water partition coefficient (Wildman–Crippen LogP) is 2.96. The number of rotatable bonds is 5. The van der Waals surface area contributed by atoms with Crippen molar-refractivity contribution in [3.63, 3.8) is 0 Å². The van der Waals surface area contributed by atoms with Gasteiger partial charge in [0.1, 0.15) is 5.75 Å². The molecule has 1 atom stereocenters. The molecule has 0 spiro atoms. The summed E-state index contributed by atoms with van der Waals surface area (Å²) in [5.74, 6) is -0.280. The molecular weight excluding hydrogens is 316 g/mol. The Hall–Kier alpha value is -2.53. The van der Waals surface area contributed by atoms with Crippen molar-refractivity contribution >= 4 is 23.4 Å². The first kappa shape index (κ1) is 16.8. The molecule has 6 heteroatoms. The molecule has 23 heavy (non-hydrogen) atoms. The van der Waals surface area contributed by atoms with Gasteiger partial charge in [-0.05, 0) is 36.8 Å². The molecule has 0 radical (unpaired) electrons. The van der Waals surface area contributed by atoms with E-state index in [-0.39, 0.29) is 0 Å². The van der Waals surface area contributed by atoms with Gasteiger partial charge in [0.25, 0.3) is 11.8 Å². The standard InChI is InChI=1S/C17H17ClN2O3/c1-2-15(23-14-9-4-3-5-10-14)17(22)20-19-16(21)12-7-6-8-13(18)11-12/h3-11,15H,2H2,1H3,(H,19,21)(H,20,22). The maximum Gasteiger partial charge on any atom is 0.279 e. The minimum atomic E-state index is -0.697. The van der Waals surface area contributed by atoms with E-state index in [0.29, 0.717) is 22.8 Å². The third-order valence-electron chi connectivity index (χ3n) is 3.07. The van der Waals surface area contributed by atoms with E-state index in [1.165, 1.54) is 6.07 Å². The normalized spacial score (nSPS) is 11.4. The van der Waals surface area contributed by atoms with Gasteiger partial charge in [-0.3, -0.25) is 20.4 Å². The summed E-state index contributed by atoms with van der Waals surface area (Å²) in [4.78, 5) is 24.0. The van der Waals surface area contributed by atoms with E-state index in [4.69, 9.17) is 16.3 Å². The Bertz CT molecular complexity index is 677. The number of carbonyl (C=O) groups excluding carboxylic acids is 2. The number of ether oxygens (including phenoxy) is 1. The number of halogens is 1.